The Morgan fingerprint density at radius 1 is 1.15 bits per heavy atom. The lowest BCUT2D eigenvalue weighted by molar-refractivity contribution is 0.665. The maximum atomic E-state index is 2.63. The first-order valence-corrected chi connectivity index (χ1v) is 8.87. The van der Waals surface area contributed by atoms with Gasteiger partial charge >= 0.3 is 0 Å². The van der Waals surface area contributed by atoms with Crippen LogP contribution in [0.1, 0.15) is 26.7 Å². The average molecular weight is 194 g/mol. The molecule has 0 aromatic heterocycles. The third-order valence-electron chi connectivity index (χ3n) is 4.79. The summed E-state index contributed by atoms with van der Waals surface area (Å²) in [5, 5.41) is 0. The van der Waals surface area contributed by atoms with Gasteiger partial charge in [-0.15, -0.1) is 0 Å². The van der Waals surface area contributed by atoms with Crippen molar-refractivity contribution < 1.29 is 0 Å². The van der Waals surface area contributed by atoms with Crippen molar-refractivity contribution in [1.29, 1.82) is 0 Å². The Hall–Kier alpha value is -0.0431. The van der Waals surface area contributed by atoms with Crippen molar-refractivity contribution in [2.75, 3.05) is 0 Å². The van der Waals surface area contributed by atoms with Crippen molar-refractivity contribution >= 4 is 8.07 Å². The zero-order valence-corrected chi connectivity index (χ0v) is 10.2. The van der Waals surface area contributed by atoms with Gasteiger partial charge in [0.25, 0.3) is 0 Å². The molecule has 0 N–H and O–H groups in total. The van der Waals surface area contributed by atoms with Crippen molar-refractivity contribution in [2.24, 2.45) is 11.8 Å². The molecule has 0 amide bonds. The first-order valence-electron chi connectivity index (χ1n) is 5.88. The van der Waals surface area contributed by atoms with E-state index < -0.39 is 8.07 Å². The third-order valence-corrected chi connectivity index (χ3v) is 10.5. The van der Waals surface area contributed by atoms with Crippen LogP contribution in [0.4, 0.5) is 0 Å². The van der Waals surface area contributed by atoms with Crippen LogP contribution in [0.25, 0.3) is 0 Å². The summed E-state index contributed by atoms with van der Waals surface area (Å²) in [6, 6.07) is 2.98. The van der Waals surface area contributed by atoms with Crippen LogP contribution in [-0.2, 0) is 0 Å². The molecule has 1 saturated carbocycles. The Labute approximate surface area is 83.4 Å². The zero-order valence-electron chi connectivity index (χ0n) is 9.22. The molecule has 74 valence electrons. The molecule has 0 aliphatic heterocycles. The van der Waals surface area contributed by atoms with E-state index in [9.17, 15) is 0 Å². The minimum absolute atomic E-state index is 0.869. The highest BCUT2D eigenvalue weighted by Crippen LogP contribution is 2.53. The zero-order chi connectivity index (χ0) is 9.47. The van der Waals surface area contributed by atoms with Gasteiger partial charge in [0.05, 0.1) is 8.07 Å². The van der Waals surface area contributed by atoms with Crippen LogP contribution in [0, 0.1) is 11.8 Å². The topological polar surface area (TPSA) is 0 Å². The predicted octanol–water partition coefficient (Wildman–Crippen LogP) is 4.07. The summed E-state index contributed by atoms with van der Waals surface area (Å²) in [4.78, 5) is 0. The molecule has 1 heteroatoms. The molecule has 0 aromatic carbocycles. The summed E-state index contributed by atoms with van der Waals surface area (Å²) < 4.78 is 0. The number of allylic oxidation sites excluding steroid dienone is 2. The highest BCUT2D eigenvalue weighted by Gasteiger charge is 2.45. The molecule has 0 heterocycles. The maximum absolute atomic E-state index is 2.63. The summed E-state index contributed by atoms with van der Waals surface area (Å²) in [5.41, 5.74) is 1.12. The van der Waals surface area contributed by atoms with Crippen molar-refractivity contribution in [2.45, 2.75) is 50.9 Å². The second-order valence-corrected chi connectivity index (χ2v) is 10.7. The monoisotopic (exact) mass is 194 g/mol. The smallest absolute Gasteiger partial charge is 0.0536 e. The van der Waals surface area contributed by atoms with E-state index in [-0.39, 0.29) is 0 Å². The lowest BCUT2D eigenvalue weighted by atomic mass is 10.1. The molecule has 3 atom stereocenters. The predicted molar refractivity (Wildman–Crippen MR) is 61.7 cm³/mol. The Bertz CT molecular complexity index is 215. The Kier molecular flexibility index (Phi) is 2.39. The molecular formula is C12H22Si. The van der Waals surface area contributed by atoms with Crippen molar-refractivity contribution in [3.05, 3.63) is 12.2 Å². The van der Waals surface area contributed by atoms with E-state index >= 15 is 0 Å². The number of fused-ring (bicyclic) bond motifs is 2. The van der Waals surface area contributed by atoms with Crippen LogP contribution >= 0.6 is 0 Å². The summed E-state index contributed by atoms with van der Waals surface area (Å²) in [7, 11) is -0.869. The largest absolute Gasteiger partial charge is 0.0851 e. The third kappa shape index (κ3) is 1.41. The van der Waals surface area contributed by atoms with Gasteiger partial charge in [0.15, 0.2) is 0 Å². The van der Waals surface area contributed by atoms with Gasteiger partial charge in [-0.05, 0) is 30.2 Å². The van der Waals surface area contributed by atoms with Gasteiger partial charge in [-0.1, -0.05) is 44.6 Å². The van der Waals surface area contributed by atoms with E-state index in [2.05, 4.69) is 32.5 Å². The van der Waals surface area contributed by atoms with Crippen LogP contribution in [-0.4, -0.2) is 8.07 Å². The Morgan fingerprint density at radius 3 is 2.23 bits per heavy atom. The van der Waals surface area contributed by atoms with Gasteiger partial charge in [-0.2, -0.15) is 0 Å². The standard InChI is InChI=1S/C12H22Si/c1-4-13(3,5-2)12-9-10-6-7-11(12)8-10/h6-7,10-12H,4-5,8-9H2,1-3H3. The SMILES string of the molecule is CC[Si](C)(CC)C1CC2C=CC1C2. The highest BCUT2D eigenvalue weighted by molar-refractivity contribution is 6.80. The Balaban J connectivity index is 2.13. The summed E-state index contributed by atoms with van der Waals surface area (Å²) >= 11 is 0. The Morgan fingerprint density at radius 2 is 1.85 bits per heavy atom. The van der Waals surface area contributed by atoms with Crippen LogP contribution < -0.4 is 0 Å². The van der Waals surface area contributed by atoms with Gasteiger partial charge < -0.3 is 0 Å². The van der Waals surface area contributed by atoms with E-state index in [4.69, 9.17) is 0 Å². The lowest BCUT2D eigenvalue weighted by Crippen LogP contribution is -2.36. The molecule has 0 spiro atoms. The van der Waals surface area contributed by atoms with E-state index in [1.165, 1.54) is 24.9 Å². The second-order valence-electron chi connectivity index (χ2n) is 5.25. The molecular weight excluding hydrogens is 172 g/mol. The highest BCUT2D eigenvalue weighted by atomic mass is 28.3. The number of rotatable bonds is 3. The summed E-state index contributed by atoms with van der Waals surface area (Å²) in [6.45, 7) is 7.48. The normalized spacial score (nSPS) is 37.3. The first kappa shape index (κ1) is 9.51. The molecule has 0 radical (unpaired) electrons. The summed E-state index contributed by atoms with van der Waals surface area (Å²) in [6.07, 6.45) is 8.02. The number of hydrogen-bond donors (Lipinski definition) is 0. The van der Waals surface area contributed by atoms with E-state index in [0.29, 0.717) is 0 Å². The van der Waals surface area contributed by atoms with E-state index in [1.54, 1.807) is 0 Å². The molecule has 0 aromatic rings. The molecule has 2 aliphatic rings. The first-order chi connectivity index (χ1) is 6.19. The molecule has 2 rings (SSSR count). The minimum atomic E-state index is -0.869. The minimum Gasteiger partial charge on any atom is -0.0851 e. The average Bonchev–Trinajstić information content (AvgIpc) is 2.77. The fourth-order valence-corrected chi connectivity index (χ4v) is 7.06. The molecule has 1 fully saturated rings. The van der Waals surface area contributed by atoms with Crippen LogP contribution in [0.15, 0.2) is 12.2 Å². The van der Waals surface area contributed by atoms with E-state index in [1.807, 2.05) is 0 Å². The van der Waals surface area contributed by atoms with Gasteiger partial charge in [-0.25, -0.2) is 0 Å². The summed E-state index contributed by atoms with van der Waals surface area (Å²) in [5.74, 6) is 1.96. The van der Waals surface area contributed by atoms with Crippen molar-refractivity contribution in [3.63, 3.8) is 0 Å². The molecule has 2 aliphatic carbocycles. The van der Waals surface area contributed by atoms with Gasteiger partial charge in [0.1, 0.15) is 0 Å². The van der Waals surface area contributed by atoms with Crippen molar-refractivity contribution in [1.82, 2.24) is 0 Å². The molecule has 2 bridgehead atoms. The lowest BCUT2D eigenvalue weighted by Gasteiger charge is -2.35. The fraction of sp³-hybridized carbons (Fsp3) is 0.833. The van der Waals surface area contributed by atoms with Gasteiger partial charge in [0, 0.05) is 0 Å². The number of hydrogen-bond acceptors (Lipinski definition) is 0. The molecule has 3 unspecified atom stereocenters. The van der Waals surface area contributed by atoms with E-state index in [0.717, 1.165) is 17.4 Å². The van der Waals surface area contributed by atoms with Crippen LogP contribution in [0.2, 0.25) is 24.2 Å². The van der Waals surface area contributed by atoms with Crippen LogP contribution in [0.5, 0.6) is 0 Å². The second kappa shape index (κ2) is 3.27. The van der Waals surface area contributed by atoms with Gasteiger partial charge in [0.2, 0.25) is 0 Å². The maximum Gasteiger partial charge on any atom is 0.0536 e. The van der Waals surface area contributed by atoms with Gasteiger partial charge in [-0.3, -0.25) is 0 Å². The molecule has 13 heavy (non-hydrogen) atoms. The van der Waals surface area contributed by atoms with Crippen LogP contribution in [0.3, 0.4) is 0 Å². The fourth-order valence-electron chi connectivity index (χ4n) is 3.36. The van der Waals surface area contributed by atoms with Crippen molar-refractivity contribution in [3.8, 4) is 0 Å². The quantitative estimate of drug-likeness (QED) is 0.469. The molecule has 0 saturated heterocycles. The molecule has 0 nitrogen and oxygen atoms in total.